The minimum Gasteiger partial charge on any atom is -0.394 e. The summed E-state index contributed by atoms with van der Waals surface area (Å²) in [6.07, 6.45) is -5.90. The normalized spacial score (nSPS) is 19.3. The molecule has 136 valence electrons. The number of carbonyl (C=O) groups excluding carboxylic acids is 2. The van der Waals surface area contributed by atoms with Crippen molar-refractivity contribution in [1.82, 2.24) is 10.6 Å². The van der Waals surface area contributed by atoms with Gasteiger partial charge in [0.05, 0.1) is 18.2 Å². The molecule has 23 heavy (non-hydrogen) atoms. The molecule has 0 saturated carbocycles. The highest BCUT2D eigenvalue weighted by atomic mass is 16.4. The van der Waals surface area contributed by atoms with Crippen LogP contribution >= 0.6 is 0 Å². The van der Waals surface area contributed by atoms with E-state index in [2.05, 4.69) is 10.6 Å². The van der Waals surface area contributed by atoms with E-state index in [0.717, 1.165) is 0 Å². The molecule has 5 atom stereocenters. The van der Waals surface area contributed by atoms with Crippen molar-refractivity contribution in [3.8, 4) is 0 Å². The van der Waals surface area contributed by atoms with Crippen LogP contribution in [-0.4, -0.2) is 94.4 Å². The second-order valence-corrected chi connectivity index (χ2v) is 5.33. The van der Waals surface area contributed by atoms with Gasteiger partial charge in [-0.05, 0) is 13.5 Å². The lowest BCUT2D eigenvalue weighted by molar-refractivity contribution is -0.126. The molecule has 0 fully saturated rings. The number of hydrogen-bond donors (Lipinski definition) is 8. The number of amides is 1. The summed E-state index contributed by atoms with van der Waals surface area (Å²) >= 11 is 0. The van der Waals surface area contributed by atoms with Gasteiger partial charge < -0.3 is 46.7 Å². The highest BCUT2D eigenvalue weighted by molar-refractivity contribution is 5.77. The number of aldehydes is 1. The van der Waals surface area contributed by atoms with Crippen LogP contribution in [0.1, 0.15) is 12.8 Å². The van der Waals surface area contributed by atoms with E-state index in [1.807, 2.05) is 0 Å². The fraction of sp³-hybridized carbons (Fsp3) is 0.846. The predicted octanol–water partition coefficient (Wildman–Crippen LogP) is -4.57. The van der Waals surface area contributed by atoms with Crippen LogP contribution in [0.5, 0.6) is 0 Å². The van der Waals surface area contributed by atoms with Crippen molar-refractivity contribution in [2.75, 3.05) is 26.7 Å². The van der Waals surface area contributed by atoms with Crippen molar-refractivity contribution in [3.63, 3.8) is 0 Å². The maximum Gasteiger partial charge on any atom is 0.220 e. The van der Waals surface area contributed by atoms with Gasteiger partial charge in [-0.15, -0.1) is 0 Å². The van der Waals surface area contributed by atoms with E-state index in [0.29, 0.717) is 6.29 Å². The molecule has 0 rings (SSSR count). The molecule has 1 amide bonds. The summed E-state index contributed by atoms with van der Waals surface area (Å²) in [4.78, 5) is 22.7. The zero-order valence-corrected chi connectivity index (χ0v) is 13.1. The van der Waals surface area contributed by atoms with Crippen molar-refractivity contribution < 1.29 is 35.1 Å². The van der Waals surface area contributed by atoms with Crippen molar-refractivity contribution in [2.24, 2.45) is 5.73 Å². The van der Waals surface area contributed by atoms with Crippen LogP contribution in [0.15, 0.2) is 0 Å². The van der Waals surface area contributed by atoms with Crippen LogP contribution in [-0.2, 0) is 9.59 Å². The zero-order chi connectivity index (χ0) is 18.0. The Balaban J connectivity index is 4.30. The standard InChI is InChI=1S/C13H27N3O7/c1-15-13(6-14,7-18)3-2-10(21)16-4-8(19)11(22)12(23)9(20)5-17/h7-9,11-12,15,17,19-20,22-23H,2-6,14H2,1H3,(H,16,21)/t8-,9+,11+,12+,13+/m0/s1. The average Bonchev–Trinajstić information content (AvgIpc) is 2.59. The maximum atomic E-state index is 11.7. The Bertz CT molecular complexity index is 365. The van der Waals surface area contributed by atoms with E-state index in [4.69, 9.17) is 15.9 Å². The highest BCUT2D eigenvalue weighted by Crippen LogP contribution is 2.08. The fourth-order valence-corrected chi connectivity index (χ4v) is 1.82. The molecule has 0 aromatic rings. The van der Waals surface area contributed by atoms with Crippen LogP contribution in [0.2, 0.25) is 0 Å². The Morgan fingerprint density at radius 3 is 2.22 bits per heavy atom. The van der Waals surface area contributed by atoms with E-state index in [1.54, 1.807) is 7.05 Å². The second kappa shape index (κ2) is 10.6. The minimum absolute atomic E-state index is 0.0207. The molecule has 0 unspecified atom stereocenters. The molecule has 0 spiro atoms. The Morgan fingerprint density at radius 2 is 1.78 bits per heavy atom. The molecule has 0 bridgehead atoms. The summed E-state index contributed by atoms with van der Waals surface area (Å²) in [5, 5.41) is 51.5. The van der Waals surface area contributed by atoms with Crippen LogP contribution in [0, 0.1) is 0 Å². The van der Waals surface area contributed by atoms with Gasteiger partial charge in [0, 0.05) is 19.5 Å². The first-order chi connectivity index (χ1) is 10.8. The molecule has 0 aromatic heterocycles. The van der Waals surface area contributed by atoms with Gasteiger partial charge in [-0.1, -0.05) is 0 Å². The lowest BCUT2D eigenvalue weighted by atomic mass is 9.95. The zero-order valence-electron chi connectivity index (χ0n) is 13.1. The van der Waals surface area contributed by atoms with Gasteiger partial charge in [0.2, 0.25) is 5.91 Å². The summed E-state index contributed by atoms with van der Waals surface area (Å²) in [6, 6.07) is 0. The van der Waals surface area contributed by atoms with Crippen LogP contribution in [0.4, 0.5) is 0 Å². The summed E-state index contributed by atoms with van der Waals surface area (Å²) in [5.74, 6) is -0.483. The topological polar surface area (TPSA) is 185 Å². The lowest BCUT2D eigenvalue weighted by Gasteiger charge is -2.26. The molecule has 0 aromatic carbocycles. The number of aliphatic hydroxyl groups is 5. The molecule has 0 aliphatic heterocycles. The van der Waals surface area contributed by atoms with Crippen LogP contribution < -0.4 is 16.4 Å². The van der Waals surface area contributed by atoms with E-state index >= 15 is 0 Å². The largest absolute Gasteiger partial charge is 0.394 e. The van der Waals surface area contributed by atoms with Gasteiger partial charge in [0.25, 0.3) is 0 Å². The van der Waals surface area contributed by atoms with Crippen LogP contribution in [0.25, 0.3) is 0 Å². The smallest absolute Gasteiger partial charge is 0.220 e. The summed E-state index contributed by atoms with van der Waals surface area (Å²) in [6.45, 7) is -1.13. The summed E-state index contributed by atoms with van der Waals surface area (Å²) < 4.78 is 0. The number of hydrogen-bond acceptors (Lipinski definition) is 9. The molecule has 0 aliphatic carbocycles. The first-order valence-electron chi connectivity index (χ1n) is 7.22. The minimum atomic E-state index is -1.75. The van der Waals surface area contributed by atoms with Gasteiger partial charge in [-0.3, -0.25) is 4.79 Å². The molecule has 10 heteroatoms. The van der Waals surface area contributed by atoms with Crippen molar-refractivity contribution in [3.05, 3.63) is 0 Å². The number of rotatable bonds is 12. The van der Waals surface area contributed by atoms with Crippen molar-refractivity contribution >= 4 is 12.2 Å². The van der Waals surface area contributed by atoms with E-state index in [-0.39, 0.29) is 25.9 Å². The Hall–Kier alpha value is -1.14. The number of nitrogens with two attached hydrogens (primary N) is 1. The van der Waals surface area contributed by atoms with E-state index in [1.165, 1.54) is 0 Å². The number of carbonyl (C=O) groups is 2. The van der Waals surface area contributed by atoms with E-state index < -0.39 is 42.5 Å². The van der Waals surface area contributed by atoms with Gasteiger partial charge in [-0.2, -0.15) is 0 Å². The molecule has 9 N–H and O–H groups in total. The molecule has 0 radical (unpaired) electrons. The number of nitrogens with one attached hydrogen (secondary N) is 2. The molecule has 0 heterocycles. The molecule has 10 nitrogen and oxygen atoms in total. The van der Waals surface area contributed by atoms with Crippen molar-refractivity contribution in [1.29, 1.82) is 0 Å². The monoisotopic (exact) mass is 337 g/mol. The number of likely N-dealkylation sites (N-methyl/N-ethyl adjacent to an activating group) is 1. The third-order valence-electron chi connectivity index (χ3n) is 3.72. The second-order valence-electron chi connectivity index (χ2n) is 5.33. The van der Waals surface area contributed by atoms with Gasteiger partial charge >= 0.3 is 0 Å². The number of aliphatic hydroxyl groups excluding tert-OH is 5. The molecular formula is C13H27N3O7. The fourth-order valence-electron chi connectivity index (χ4n) is 1.82. The summed E-state index contributed by atoms with van der Waals surface area (Å²) in [5.41, 5.74) is 4.48. The van der Waals surface area contributed by atoms with Crippen LogP contribution in [0.3, 0.4) is 0 Å². The quantitative estimate of drug-likeness (QED) is 0.162. The third-order valence-corrected chi connectivity index (χ3v) is 3.72. The highest BCUT2D eigenvalue weighted by Gasteiger charge is 2.30. The lowest BCUT2D eigenvalue weighted by Crippen LogP contribution is -2.52. The molecule has 0 aliphatic rings. The van der Waals surface area contributed by atoms with Crippen molar-refractivity contribution in [2.45, 2.75) is 42.8 Å². The van der Waals surface area contributed by atoms with E-state index in [9.17, 15) is 24.9 Å². The Morgan fingerprint density at radius 1 is 1.22 bits per heavy atom. The predicted molar refractivity (Wildman–Crippen MR) is 80.3 cm³/mol. The molecule has 0 saturated heterocycles. The Kier molecular flexibility index (Phi) is 10.1. The third kappa shape index (κ3) is 6.87. The van der Waals surface area contributed by atoms with Gasteiger partial charge in [-0.25, -0.2) is 0 Å². The van der Waals surface area contributed by atoms with Gasteiger partial charge in [0.1, 0.15) is 24.6 Å². The summed E-state index contributed by atoms with van der Waals surface area (Å²) in [7, 11) is 1.55. The first kappa shape index (κ1) is 21.9. The average molecular weight is 337 g/mol. The maximum absolute atomic E-state index is 11.7. The van der Waals surface area contributed by atoms with Gasteiger partial charge in [0.15, 0.2) is 0 Å². The molecular weight excluding hydrogens is 310 g/mol. The SMILES string of the molecule is CN[C@@](C=O)(CN)CCC(=O)NC[C@H](O)[C@@H](O)[C@H](O)[C@H](O)CO. The first-order valence-corrected chi connectivity index (χ1v) is 7.22. The Labute approximate surface area is 134 Å².